The number of benzene rings is 2. The molecule has 1 heterocycles. The van der Waals surface area contributed by atoms with Crippen molar-refractivity contribution in [2.24, 2.45) is 0 Å². The van der Waals surface area contributed by atoms with Gasteiger partial charge in [0.05, 0.1) is 7.11 Å². The number of nitrogens with one attached hydrogen (secondary N) is 2. The molecule has 2 aromatic carbocycles. The highest BCUT2D eigenvalue weighted by Gasteiger charge is 2.04. The SMILES string of the molecule is COc1cccc(Nc2cc(Nc3cccc(Cl)c3)nc(C)n2)c1. The zero-order valence-corrected chi connectivity index (χ0v) is 14.1. The number of halogens is 1. The molecule has 0 saturated heterocycles. The summed E-state index contributed by atoms with van der Waals surface area (Å²) >= 11 is 6.01. The molecule has 24 heavy (non-hydrogen) atoms. The number of aryl methyl sites for hydroxylation is 1. The van der Waals surface area contributed by atoms with E-state index < -0.39 is 0 Å². The van der Waals surface area contributed by atoms with Crippen molar-refractivity contribution in [2.45, 2.75) is 6.92 Å². The highest BCUT2D eigenvalue weighted by Crippen LogP contribution is 2.24. The monoisotopic (exact) mass is 340 g/mol. The second kappa shape index (κ2) is 7.19. The van der Waals surface area contributed by atoms with Crippen LogP contribution in [0.5, 0.6) is 5.75 Å². The first kappa shape index (κ1) is 16.1. The van der Waals surface area contributed by atoms with E-state index in [1.165, 1.54) is 0 Å². The van der Waals surface area contributed by atoms with Crippen LogP contribution in [-0.4, -0.2) is 17.1 Å². The maximum atomic E-state index is 6.01. The Morgan fingerprint density at radius 1 is 0.875 bits per heavy atom. The summed E-state index contributed by atoms with van der Waals surface area (Å²) in [6.45, 7) is 1.85. The number of methoxy groups -OCH3 is 1. The molecule has 0 atom stereocenters. The van der Waals surface area contributed by atoms with Gasteiger partial charge in [0.15, 0.2) is 0 Å². The fourth-order valence-corrected chi connectivity index (χ4v) is 2.45. The van der Waals surface area contributed by atoms with Crippen LogP contribution in [-0.2, 0) is 0 Å². The van der Waals surface area contributed by atoms with Crippen LogP contribution in [0.15, 0.2) is 54.6 Å². The maximum absolute atomic E-state index is 6.01. The molecule has 0 spiro atoms. The Hall–Kier alpha value is -2.79. The largest absolute Gasteiger partial charge is 0.497 e. The summed E-state index contributed by atoms with van der Waals surface area (Å²) in [6, 6.07) is 17.0. The number of anilines is 4. The highest BCUT2D eigenvalue weighted by molar-refractivity contribution is 6.30. The van der Waals surface area contributed by atoms with E-state index in [1.807, 2.05) is 61.5 Å². The molecule has 3 rings (SSSR count). The van der Waals surface area contributed by atoms with Crippen LogP contribution in [0.4, 0.5) is 23.0 Å². The van der Waals surface area contributed by atoms with Crippen molar-refractivity contribution in [1.29, 1.82) is 0 Å². The molecule has 0 fully saturated rings. The van der Waals surface area contributed by atoms with Crippen molar-refractivity contribution in [3.8, 4) is 5.75 Å². The standard InChI is InChI=1S/C18H17ClN4O/c1-12-20-17(22-14-6-3-5-13(19)9-14)11-18(21-12)23-15-7-4-8-16(10-15)24-2/h3-11H,1-2H3,(H2,20,21,22,23). The molecule has 0 aliphatic carbocycles. The van der Waals surface area contributed by atoms with Crippen LogP contribution in [0.1, 0.15) is 5.82 Å². The molecule has 0 amide bonds. The summed E-state index contributed by atoms with van der Waals surface area (Å²) in [5.74, 6) is 2.82. The number of hydrogen-bond acceptors (Lipinski definition) is 5. The molecule has 122 valence electrons. The minimum atomic E-state index is 0.660. The van der Waals surface area contributed by atoms with Gasteiger partial charge in [-0.25, -0.2) is 9.97 Å². The van der Waals surface area contributed by atoms with Gasteiger partial charge in [0, 0.05) is 28.5 Å². The molecular weight excluding hydrogens is 324 g/mol. The Morgan fingerprint density at radius 3 is 2.12 bits per heavy atom. The zero-order chi connectivity index (χ0) is 16.9. The zero-order valence-electron chi connectivity index (χ0n) is 13.4. The van der Waals surface area contributed by atoms with Crippen LogP contribution >= 0.6 is 11.6 Å². The van der Waals surface area contributed by atoms with E-state index in [2.05, 4.69) is 20.6 Å². The normalized spacial score (nSPS) is 10.3. The van der Waals surface area contributed by atoms with E-state index in [0.717, 1.165) is 17.1 Å². The minimum absolute atomic E-state index is 0.660. The van der Waals surface area contributed by atoms with Gasteiger partial charge in [-0.2, -0.15) is 0 Å². The fraction of sp³-hybridized carbons (Fsp3) is 0.111. The first-order valence-corrected chi connectivity index (χ1v) is 7.79. The average molecular weight is 341 g/mol. The van der Waals surface area contributed by atoms with Gasteiger partial charge in [0.1, 0.15) is 23.2 Å². The molecule has 6 heteroatoms. The van der Waals surface area contributed by atoms with Crippen LogP contribution < -0.4 is 15.4 Å². The Morgan fingerprint density at radius 2 is 1.50 bits per heavy atom. The highest BCUT2D eigenvalue weighted by atomic mass is 35.5. The van der Waals surface area contributed by atoms with Crippen LogP contribution in [0.25, 0.3) is 0 Å². The topological polar surface area (TPSA) is 59.1 Å². The second-order valence-electron chi connectivity index (χ2n) is 5.18. The predicted octanol–water partition coefficient (Wildman–Crippen LogP) is 4.93. The molecule has 0 radical (unpaired) electrons. The van der Waals surface area contributed by atoms with Crippen LogP contribution in [0.2, 0.25) is 5.02 Å². The molecule has 3 aromatic rings. The lowest BCUT2D eigenvalue weighted by Gasteiger charge is -2.11. The first-order valence-electron chi connectivity index (χ1n) is 7.42. The Balaban J connectivity index is 1.83. The Labute approximate surface area is 145 Å². The summed E-state index contributed by atoms with van der Waals surface area (Å²) in [5.41, 5.74) is 1.76. The number of aromatic nitrogens is 2. The van der Waals surface area contributed by atoms with Gasteiger partial charge in [-0.05, 0) is 37.3 Å². The average Bonchev–Trinajstić information content (AvgIpc) is 2.54. The van der Waals surface area contributed by atoms with Crippen molar-refractivity contribution < 1.29 is 4.74 Å². The van der Waals surface area contributed by atoms with Gasteiger partial charge in [-0.15, -0.1) is 0 Å². The third-order valence-electron chi connectivity index (χ3n) is 3.28. The van der Waals surface area contributed by atoms with Crippen LogP contribution in [0.3, 0.4) is 0 Å². The van der Waals surface area contributed by atoms with Gasteiger partial charge < -0.3 is 15.4 Å². The van der Waals surface area contributed by atoms with E-state index in [-0.39, 0.29) is 0 Å². The smallest absolute Gasteiger partial charge is 0.136 e. The number of hydrogen-bond donors (Lipinski definition) is 2. The van der Waals surface area contributed by atoms with Gasteiger partial charge >= 0.3 is 0 Å². The predicted molar refractivity (Wildman–Crippen MR) is 97.8 cm³/mol. The Bertz CT molecular complexity index is 854. The number of rotatable bonds is 5. The summed E-state index contributed by atoms with van der Waals surface area (Å²) in [5, 5.41) is 7.16. The molecule has 0 aliphatic heterocycles. The molecule has 2 N–H and O–H groups in total. The lowest BCUT2D eigenvalue weighted by atomic mass is 10.3. The third-order valence-corrected chi connectivity index (χ3v) is 3.51. The molecule has 5 nitrogen and oxygen atoms in total. The number of nitrogens with zero attached hydrogens (tertiary/aromatic N) is 2. The van der Waals surface area contributed by atoms with Gasteiger partial charge in [-0.3, -0.25) is 0 Å². The van der Waals surface area contributed by atoms with Crippen molar-refractivity contribution in [2.75, 3.05) is 17.7 Å². The van der Waals surface area contributed by atoms with E-state index in [9.17, 15) is 0 Å². The molecular formula is C18H17ClN4O. The van der Waals surface area contributed by atoms with Crippen molar-refractivity contribution in [3.05, 3.63) is 65.4 Å². The summed E-state index contributed by atoms with van der Waals surface area (Å²) < 4.78 is 5.23. The van der Waals surface area contributed by atoms with Crippen molar-refractivity contribution >= 4 is 34.6 Å². The van der Waals surface area contributed by atoms with E-state index >= 15 is 0 Å². The first-order chi connectivity index (χ1) is 11.6. The van der Waals surface area contributed by atoms with Crippen molar-refractivity contribution in [3.63, 3.8) is 0 Å². The molecule has 0 unspecified atom stereocenters. The summed E-state index contributed by atoms with van der Waals surface area (Å²) in [7, 11) is 1.64. The van der Waals surface area contributed by atoms with E-state index in [1.54, 1.807) is 7.11 Å². The Kier molecular flexibility index (Phi) is 4.82. The van der Waals surface area contributed by atoms with Gasteiger partial charge in [-0.1, -0.05) is 23.7 Å². The van der Waals surface area contributed by atoms with Gasteiger partial charge in [0.2, 0.25) is 0 Å². The maximum Gasteiger partial charge on any atom is 0.136 e. The number of ether oxygens (including phenoxy) is 1. The van der Waals surface area contributed by atoms with Gasteiger partial charge in [0.25, 0.3) is 0 Å². The lowest BCUT2D eigenvalue weighted by Crippen LogP contribution is -2.01. The molecule has 1 aromatic heterocycles. The van der Waals surface area contributed by atoms with E-state index in [0.29, 0.717) is 22.5 Å². The molecule has 0 bridgehead atoms. The lowest BCUT2D eigenvalue weighted by molar-refractivity contribution is 0.415. The minimum Gasteiger partial charge on any atom is -0.497 e. The fourth-order valence-electron chi connectivity index (χ4n) is 2.26. The quantitative estimate of drug-likeness (QED) is 0.689. The molecule has 0 saturated carbocycles. The van der Waals surface area contributed by atoms with E-state index in [4.69, 9.17) is 16.3 Å². The van der Waals surface area contributed by atoms with Crippen LogP contribution in [0, 0.1) is 6.92 Å². The summed E-state index contributed by atoms with van der Waals surface area (Å²) in [6.07, 6.45) is 0. The van der Waals surface area contributed by atoms with Crippen molar-refractivity contribution in [1.82, 2.24) is 9.97 Å². The molecule has 0 aliphatic rings. The summed E-state index contributed by atoms with van der Waals surface area (Å²) in [4.78, 5) is 8.82. The third kappa shape index (κ3) is 4.14. The second-order valence-corrected chi connectivity index (χ2v) is 5.61.